The van der Waals surface area contributed by atoms with Crippen LogP contribution in [0.1, 0.15) is 23.0 Å². The van der Waals surface area contributed by atoms with Crippen LogP contribution in [0.15, 0.2) is 76.2 Å². The fraction of sp³-hybridized carbons (Fsp3) is 0.280. The number of morpholine rings is 1. The second-order valence-corrected chi connectivity index (χ2v) is 10.0. The molecule has 10 heteroatoms. The van der Waals surface area contributed by atoms with Gasteiger partial charge in [-0.25, -0.2) is 13.2 Å². The van der Waals surface area contributed by atoms with E-state index in [0.717, 1.165) is 18.8 Å². The molecule has 4 rings (SSSR count). The Hall–Kier alpha value is -3.63. The summed E-state index contributed by atoms with van der Waals surface area (Å²) in [5.74, 6) is -2.13. The number of hydrogen-bond acceptors (Lipinski definition) is 8. The van der Waals surface area contributed by atoms with Gasteiger partial charge >= 0.3 is 5.97 Å². The molecule has 1 aromatic heterocycles. The van der Waals surface area contributed by atoms with Gasteiger partial charge in [-0.3, -0.25) is 4.79 Å². The molecule has 0 aliphatic carbocycles. The van der Waals surface area contributed by atoms with Gasteiger partial charge in [-0.05, 0) is 49.4 Å². The maximum Gasteiger partial charge on any atom is 0.375 e. The van der Waals surface area contributed by atoms with Gasteiger partial charge in [0, 0.05) is 30.0 Å². The Morgan fingerprint density at radius 1 is 1.03 bits per heavy atom. The summed E-state index contributed by atoms with van der Waals surface area (Å²) >= 11 is 0. The summed E-state index contributed by atoms with van der Waals surface area (Å²) in [6, 6.07) is 16.7. The van der Waals surface area contributed by atoms with Gasteiger partial charge in [-0.15, -0.1) is 0 Å². The minimum atomic E-state index is -3.69. The highest BCUT2D eigenvalue weighted by Crippen LogP contribution is 2.22. The fourth-order valence-electron chi connectivity index (χ4n) is 3.63. The molecule has 9 nitrogen and oxygen atoms in total. The van der Waals surface area contributed by atoms with Crippen LogP contribution in [-0.4, -0.2) is 52.7 Å². The molecule has 1 saturated heterocycles. The van der Waals surface area contributed by atoms with Crippen molar-refractivity contribution in [3.63, 3.8) is 0 Å². The van der Waals surface area contributed by atoms with Gasteiger partial charge < -0.3 is 24.1 Å². The number of ether oxygens (including phenoxy) is 2. The smallest absolute Gasteiger partial charge is 0.375 e. The first-order valence-corrected chi connectivity index (χ1v) is 12.8. The zero-order valence-corrected chi connectivity index (χ0v) is 20.0. The number of anilines is 2. The topological polar surface area (TPSA) is 115 Å². The first-order valence-electron chi connectivity index (χ1n) is 11.1. The third-order valence-electron chi connectivity index (χ3n) is 5.54. The van der Waals surface area contributed by atoms with E-state index in [4.69, 9.17) is 13.9 Å². The Morgan fingerprint density at radius 3 is 2.40 bits per heavy atom. The van der Waals surface area contributed by atoms with Crippen LogP contribution in [0.25, 0.3) is 0 Å². The van der Waals surface area contributed by atoms with Gasteiger partial charge in [0.15, 0.2) is 15.9 Å². The van der Waals surface area contributed by atoms with Crippen LogP contribution < -0.4 is 10.2 Å². The van der Waals surface area contributed by atoms with Crippen LogP contribution in [0.4, 0.5) is 11.4 Å². The molecule has 2 aromatic carbocycles. The highest BCUT2D eigenvalue weighted by Gasteiger charge is 2.26. The largest absolute Gasteiger partial charge is 0.457 e. The summed E-state index contributed by atoms with van der Waals surface area (Å²) in [4.78, 5) is 27.5. The fourth-order valence-corrected chi connectivity index (χ4v) is 5.01. The summed E-state index contributed by atoms with van der Waals surface area (Å²) in [6.07, 6.45) is 0.0813. The van der Waals surface area contributed by atoms with E-state index in [2.05, 4.69) is 10.2 Å². The lowest BCUT2D eigenvalue weighted by molar-refractivity contribution is -0.123. The van der Waals surface area contributed by atoms with Crippen LogP contribution in [0.5, 0.6) is 0 Å². The number of hydrogen-bond donors (Lipinski definition) is 1. The second-order valence-electron chi connectivity index (χ2n) is 8.03. The molecule has 0 bridgehead atoms. The molecule has 1 N–H and O–H groups in total. The van der Waals surface area contributed by atoms with Crippen molar-refractivity contribution in [3.8, 4) is 0 Å². The highest BCUT2D eigenvalue weighted by molar-refractivity contribution is 7.90. The minimum absolute atomic E-state index is 0.132. The van der Waals surface area contributed by atoms with Crippen LogP contribution >= 0.6 is 0 Å². The first-order chi connectivity index (χ1) is 16.8. The standard InChI is InChI=1S/C25H26N2O7S/c1-18(24(28)26-20-7-9-21(10-8-20)27-12-15-32-16-13-27)34-25(29)23-19(11-14-33-23)17-35(30,31)22-5-3-2-4-6-22/h2-11,14,18H,12-13,15-17H2,1H3,(H,26,28). The molecule has 1 aliphatic heterocycles. The predicted molar refractivity (Wildman–Crippen MR) is 129 cm³/mol. The van der Waals surface area contributed by atoms with Crippen molar-refractivity contribution in [3.05, 3.63) is 78.3 Å². The minimum Gasteiger partial charge on any atom is -0.457 e. The summed E-state index contributed by atoms with van der Waals surface area (Å²) in [7, 11) is -3.69. The third-order valence-corrected chi connectivity index (χ3v) is 7.23. The van der Waals surface area contributed by atoms with Gasteiger partial charge in [-0.1, -0.05) is 18.2 Å². The first kappa shape index (κ1) is 24.5. The zero-order chi connectivity index (χ0) is 24.8. The summed E-state index contributed by atoms with van der Waals surface area (Å²) in [5.41, 5.74) is 1.74. The van der Waals surface area contributed by atoms with E-state index in [0.29, 0.717) is 18.9 Å². The lowest BCUT2D eigenvalue weighted by atomic mass is 10.2. The van der Waals surface area contributed by atoms with Crippen LogP contribution in [0.3, 0.4) is 0 Å². The molecular formula is C25H26N2O7S. The van der Waals surface area contributed by atoms with E-state index in [9.17, 15) is 18.0 Å². The quantitative estimate of drug-likeness (QED) is 0.471. The van der Waals surface area contributed by atoms with Gasteiger partial charge in [0.05, 0.1) is 30.1 Å². The maximum absolute atomic E-state index is 12.7. The molecule has 1 atom stereocenters. The van der Waals surface area contributed by atoms with Crippen molar-refractivity contribution in [1.82, 2.24) is 0 Å². The highest BCUT2D eigenvalue weighted by atomic mass is 32.2. The Bertz CT molecular complexity index is 1260. The predicted octanol–water partition coefficient (Wildman–Crippen LogP) is 3.27. The second kappa shape index (κ2) is 10.7. The van der Waals surface area contributed by atoms with Gasteiger partial charge in [0.1, 0.15) is 0 Å². The normalized spacial score (nSPS) is 14.8. The molecule has 1 unspecified atom stereocenters. The van der Waals surface area contributed by atoms with Crippen molar-refractivity contribution in [2.45, 2.75) is 23.7 Å². The lowest BCUT2D eigenvalue weighted by Gasteiger charge is -2.28. The van der Waals surface area contributed by atoms with E-state index >= 15 is 0 Å². The van der Waals surface area contributed by atoms with Crippen molar-refractivity contribution in [1.29, 1.82) is 0 Å². The Kier molecular flexibility index (Phi) is 7.52. The molecule has 0 saturated carbocycles. The lowest BCUT2D eigenvalue weighted by Crippen LogP contribution is -2.36. The molecule has 35 heavy (non-hydrogen) atoms. The number of carbonyl (C=O) groups is 2. The molecule has 1 amide bonds. The number of nitrogens with one attached hydrogen (secondary N) is 1. The molecule has 3 aromatic rings. The average Bonchev–Trinajstić information content (AvgIpc) is 3.33. The summed E-state index contributed by atoms with van der Waals surface area (Å²) in [6.45, 7) is 4.40. The number of sulfone groups is 1. The van der Waals surface area contributed by atoms with Gasteiger partial charge in [0.2, 0.25) is 5.76 Å². The number of esters is 1. The van der Waals surface area contributed by atoms with Crippen molar-refractivity contribution in [2.24, 2.45) is 0 Å². The van der Waals surface area contributed by atoms with E-state index in [-0.39, 0.29) is 16.2 Å². The number of rotatable bonds is 8. The number of benzene rings is 2. The number of nitrogens with zero attached hydrogens (tertiary/aromatic N) is 1. The zero-order valence-electron chi connectivity index (χ0n) is 19.2. The SMILES string of the molecule is CC(OC(=O)c1occc1CS(=O)(=O)c1ccccc1)C(=O)Nc1ccc(N2CCOCC2)cc1. The molecule has 2 heterocycles. The average molecular weight is 499 g/mol. The van der Waals surface area contributed by atoms with Crippen molar-refractivity contribution < 1.29 is 31.9 Å². The summed E-state index contributed by atoms with van der Waals surface area (Å²) < 4.78 is 41.1. The molecular weight excluding hydrogens is 472 g/mol. The number of carbonyl (C=O) groups excluding carboxylic acids is 2. The number of furan rings is 1. The third kappa shape index (κ3) is 6.09. The summed E-state index contributed by atoms with van der Waals surface area (Å²) in [5, 5.41) is 2.71. The van der Waals surface area contributed by atoms with Crippen LogP contribution in [0, 0.1) is 0 Å². The van der Waals surface area contributed by atoms with Crippen molar-refractivity contribution >= 4 is 33.1 Å². The van der Waals surface area contributed by atoms with Gasteiger partial charge in [-0.2, -0.15) is 0 Å². The van der Waals surface area contributed by atoms with Crippen molar-refractivity contribution in [2.75, 3.05) is 36.5 Å². The van der Waals surface area contributed by atoms with Crippen LogP contribution in [-0.2, 0) is 29.9 Å². The Labute approximate surface area is 203 Å². The molecule has 184 valence electrons. The maximum atomic E-state index is 12.7. The molecule has 0 spiro atoms. The molecule has 0 radical (unpaired) electrons. The van der Waals surface area contributed by atoms with E-state index in [1.54, 1.807) is 30.3 Å². The molecule has 1 fully saturated rings. The number of amides is 1. The van der Waals surface area contributed by atoms with E-state index in [1.807, 2.05) is 12.1 Å². The Morgan fingerprint density at radius 2 is 1.71 bits per heavy atom. The van der Waals surface area contributed by atoms with Gasteiger partial charge in [0.25, 0.3) is 5.91 Å². The Balaban J connectivity index is 1.35. The van der Waals surface area contributed by atoms with E-state index in [1.165, 1.54) is 31.4 Å². The van der Waals surface area contributed by atoms with Crippen LogP contribution in [0.2, 0.25) is 0 Å². The molecule has 1 aliphatic rings. The van der Waals surface area contributed by atoms with E-state index < -0.39 is 33.6 Å². The monoisotopic (exact) mass is 498 g/mol.